The number of carbonyl (C=O) groups excluding carboxylic acids is 1. The van der Waals surface area contributed by atoms with E-state index in [9.17, 15) is 13.2 Å². The van der Waals surface area contributed by atoms with Crippen LogP contribution in [0.5, 0.6) is 0 Å². The summed E-state index contributed by atoms with van der Waals surface area (Å²) in [5, 5.41) is 2.87. The Labute approximate surface area is 165 Å². The van der Waals surface area contributed by atoms with E-state index in [1.165, 1.54) is 10.4 Å². The minimum atomic E-state index is -3.58. The second-order valence-corrected chi connectivity index (χ2v) is 9.55. The minimum absolute atomic E-state index is 0.169. The zero-order valence-electron chi connectivity index (χ0n) is 15.5. The van der Waals surface area contributed by atoms with Gasteiger partial charge >= 0.3 is 0 Å². The number of benzene rings is 2. The van der Waals surface area contributed by atoms with Crippen molar-refractivity contribution >= 4 is 33.4 Å². The average Bonchev–Trinajstić information content (AvgIpc) is 2.69. The Bertz CT molecular complexity index is 920. The lowest BCUT2D eigenvalue weighted by atomic mass is 10.0. The molecule has 1 aliphatic rings. The lowest BCUT2D eigenvalue weighted by Crippen LogP contribution is -2.37. The van der Waals surface area contributed by atoms with Crippen LogP contribution in [-0.2, 0) is 10.0 Å². The van der Waals surface area contributed by atoms with Gasteiger partial charge in [-0.3, -0.25) is 4.79 Å². The van der Waals surface area contributed by atoms with Crippen LogP contribution in [-0.4, -0.2) is 38.0 Å². The predicted molar refractivity (Wildman–Crippen MR) is 110 cm³/mol. The number of hydrogen-bond acceptors (Lipinski definition) is 4. The molecule has 1 saturated heterocycles. The van der Waals surface area contributed by atoms with Crippen LogP contribution in [0.15, 0.2) is 58.3 Å². The summed E-state index contributed by atoms with van der Waals surface area (Å²) < 4.78 is 27.4. The van der Waals surface area contributed by atoms with Crippen molar-refractivity contribution in [1.82, 2.24) is 4.31 Å². The number of carbonyl (C=O) groups is 1. The highest BCUT2D eigenvalue weighted by molar-refractivity contribution is 7.98. The quantitative estimate of drug-likeness (QED) is 0.763. The molecule has 7 heteroatoms. The minimum Gasteiger partial charge on any atom is -0.321 e. The summed E-state index contributed by atoms with van der Waals surface area (Å²) >= 11 is 1.54. The first-order valence-electron chi connectivity index (χ1n) is 8.96. The van der Waals surface area contributed by atoms with Gasteiger partial charge < -0.3 is 5.32 Å². The van der Waals surface area contributed by atoms with Gasteiger partial charge in [-0.15, -0.1) is 11.8 Å². The number of para-hydroxylation sites is 1. The van der Waals surface area contributed by atoms with E-state index in [1.807, 2.05) is 30.5 Å². The van der Waals surface area contributed by atoms with Crippen molar-refractivity contribution in [2.45, 2.75) is 29.6 Å². The molecular weight excluding hydrogens is 380 g/mol. The zero-order valence-corrected chi connectivity index (χ0v) is 17.1. The summed E-state index contributed by atoms with van der Waals surface area (Å²) in [7, 11) is -3.58. The van der Waals surface area contributed by atoms with Crippen molar-refractivity contribution in [2.24, 2.45) is 5.92 Å². The molecule has 1 heterocycles. The zero-order chi connectivity index (χ0) is 19.4. The molecule has 0 aliphatic carbocycles. The Hall–Kier alpha value is -1.83. The molecule has 0 spiro atoms. The molecule has 5 nitrogen and oxygen atoms in total. The summed E-state index contributed by atoms with van der Waals surface area (Å²) in [6, 6.07) is 13.8. The molecule has 3 rings (SSSR count). The topological polar surface area (TPSA) is 66.5 Å². The summed E-state index contributed by atoms with van der Waals surface area (Å²) in [5.74, 6) is 0.228. The van der Waals surface area contributed by atoms with Crippen LogP contribution in [0.25, 0.3) is 0 Å². The number of rotatable bonds is 5. The number of piperidine rings is 1. The van der Waals surface area contributed by atoms with E-state index in [1.54, 1.807) is 30.0 Å². The highest BCUT2D eigenvalue weighted by Gasteiger charge is 2.28. The summed E-state index contributed by atoms with van der Waals surface area (Å²) in [6.07, 6.45) is 3.67. The molecule has 0 atom stereocenters. The molecule has 144 valence electrons. The first-order chi connectivity index (χ1) is 12.9. The lowest BCUT2D eigenvalue weighted by Gasteiger charge is -2.29. The molecule has 1 N–H and O–H groups in total. The molecule has 27 heavy (non-hydrogen) atoms. The van der Waals surface area contributed by atoms with Crippen LogP contribution in [0.2, 0.25) is 0 Å². The number of amides is 1. The Morgan fingerprint density at radius 3 is 2.52 bits per heavy atom. The lowest BCUT2D eigenvalue weighted by molar-refractivity contribution is 0.102. The van der Waals surface area contributed by atoms with Gasteiger partial charge in [-0.2, -0.15) is 4.31 Å². The van der Waals surface area contributed by atoms with Crippen molar-refractivity contribution in [3.05, 3.63) is 54.1 Å². The fraction of sp³-hybridized carbons (Fsp3) is 0.350. The van der Waals surface area contributed by atoms with Gasteiger partial charge in [0, 0.05) is 23.5 Å². The number of thioether (sulfide) groups is 1. The SMILES string of the molecule is CSc1ccccc1NC(=O)c1cccc(S(=O)(=O)N2CCC(C)CC2)c1. The van der Waals surface area contributed by atoms with Crippen molar-refractivity contribution in [1.29, 1.82) is 0 Å². The highest BCUT2D eigenvalue weighted by Crippen LogP contribution is 2.26. The van der Waals surface area contributed by atoms with Gasteiger partial charge in [0.15, 0.2) is 0 Å². The Kier molecular flexibility index (Phi) is 6.24. The molecule has 0 aromatic heterocycles. The standard InChI is InChI=1S/C20H24N2O3S2/c1-15-10-12-22(13-11-15)27(24,25)17-7-5-6-16(14-17)20(23)21-18-8-3-4-9-19(18)26-2/h3-9,14-15H,10-13H2,1-2H3,(H,21,23). The molecule has 0 bridgehead atoms. The van der Waals surface area contributed by atoms with Crippen LogP contribution >= 0.6 is 11.8 Å². The fourth-order valence-electron chi connectivity index (χ4n) is 3.11. The third-order valence-corrected chi connectivity index (χ3v) is 7.52. The van der Waals surface area contributed by atoms with Gasteiger partial charge in [0.1, 0.15) is 0 Å². The first-order valence-corrected chi connectivity index (χ1v) is 11.6. The molecule has 2 aromatic rings. The third-order valence-electron chi connectivity index (χ3n) is 4.83. The number of hydrogen-bond donors (Lipinski definition) is 1. The molecule has 0 unspecified atom stereocenters. The molecule has 0 saturated carbocycles. The maximum Gasteiger partial charge on any atom is 0.255 e. The van der Waals surface area contributed by atoms with Gasteiger partial charge in [-0.05, 0) is 55.3 Å². The van der Waals surface area contributed by atoms with Crippen LogP contribution in [0, 0.1) is 5.92 Å². The van der Waals surface area contributed by atoms with Gasteiger partial charge in [-0.1, -0.05) is 25.1 Å². The van der Waals surface area contributed by atoms with Crippen molar-refractivity contribution in [3.63, 3.8) is 0 Å². The maximum atomic E-state index is 12.9. The molecule has 1 aliphatic heterocycles. The molecule has 0 radical (unpaired) electrons. The van der Waals surface area contributed by atoms with E-state index >= 15 is 0 Å². The largest absolute Gasteiger partial charge is 0.321 e. The molecule has 2 aromatic carbocycles. The van der Waals surface area contributed by atoms with Crippen LogP contribution in [0.3, 0.4) is 0 Å². The maximum absolute atomic E-state index is 12.9. The Morgan fingerprint density at radius 2 is 1.81 bits per heavy atom. The smallest absolute Gasteiger partial charge is 0.255 e. The summed E-state index contributed by atoms with van der Waals surface area (Å²) in [6.45, 7) is 3.20. The van der Waals surface area contributed by atoms with E-state index in [0.29, 0.717) is 30.3 Å². The molecular formula is C20H24N2O3S2. The van der Waals surface area contributed by atoms with Crippen molar-refractivity contribution in [3.8, 4) is 0 Å². The van der Waals surface area contributed by atoms with Crippen LogP contribution < -0.4 is 5.32 Å². The summed E-state index contributed by atoms with van der Waals surface area (Å²) in [5.41, 5.74) is 1.05. The first kappa shape index (κ1) is 19.9. The van der Waals surface area contributed by atoms with Gasteiger partial charge in [-0.25, -0.2) is 8.42 Å². The molecule has 1 amide bonds. The van der Waals surface area contributed by atoms with Crippen molar-refractivity contribution < 1.29 is 13.2 Å². The Balaban J connectivity index is 1.81. The predicted octanol–water partition coefficient (Wildman–Crippen LogP) is 4.08. The molecule has 1 fully saturated rings. The third kappa shape index (κ3) is 4.54. The number of nitrogens with one attached hydrogen (secondary N) is 1. The van der Waals surface area contributed by atoms with E-state index in [4.69, 9.17) is 0 Å². The van der Waals surface area contributed by atoms with E-state index < -0.39 is 10.0 Å². The van der Waals surface area contributed by atoms with Crippen LogP contribution in [0.4, 0.5) is 5.69 Å². The second kappa shape index (κ2) is 8.46. The van der Waals surface area contributed by atoms with E-state index in [-0.39, 0.29) is 10.8 Å². The highest BCUT2D eigenvalue weighted by atomic mass is 32.2. The average molecular weight is 405 g/mol. The number of nitrogens with zero attached hydrogens (tertiary/aromatic N) is 1. The number of sulfonamides is 1. The van der Waals surface area contributed by atoms with Gasteiger partial charge in [0.25, 0.3) is 5.91 Å². The van der Waals surface area contributed by atoms with Gasteiger partial charge in [0.05, 0.1) is 10.6 Å². The Morgan fingerprint density at radius 1 is 1.11 bits per heavy atom. The summed E-state index contributed by atoms with van der Waals surface area (Å²) in [4.78, 5) is 13.8. The number of anilines is 1. The van der Waals surface area contributed by atoms with E-state index in [2.05, 4.69) is 12.2 Å². The van der Waals surface area contributed by atoms with Gasteiger partial charge in [0.2, 0.25) is 10.0 Å². The van der Waals surface area contributed by atoms with E-state index in [0.717, 1.165) is 17.7 Å². The van der Waals surface area contributed by atoms with Crippen molar-refractivity contribution in [2.75, 3.05) is 24.7 Å². The monoisotopic (exact) mass is 404 g/mol. The fourth-order valence-corrected chi connectivity index (χ4v) is 5.18. The normalized spacial score (nSPS) is 16.2. The van der Waals surface area contributed by atoms with Crippen LogP contribution in [0.1, 0.15) is 30.1 Å². The second-order valence-electron chi connectivity index (χ2n) is 6.77.